The number of halogens is 1. The van der Waals surface area contributed by atoms with Gasteiger partial charge in [-0.3, -0.25) is 0 Å². The molecule has 18 heavy (non-hydrogen) atoms. The maximum atomic E-state index is 5.46. The molecule has 3 nitrogen and oxygen atoms in total. The summed E-state index contributed by atoms with van der Waals surface area (Å²) in [5.74, 6) is 0.984. The van der Waals surface area contributed by atoms with Crippen LogP contribution in [0.5, 0.6) is 0 Å². The van der Waals surface area contributed by atoms with E-state index in [2.05, 4.69) is 46.9 Å². The standard InChI is InChI=1S/C14H25BrN2O/c1-4-17(5-2)10-6-7-12(3)16-11-13-8-9-14(15)18-13/h8-9,12,16H,4-7,10-11H2,1-3H3. The van der Waals surface area contributed by atoms with Crippen molar-refractivity contribution < 1.29 is 4.42 Å². The summed E-state index contributed by atoms with van der Waals surface area (Å²) in [6, 6.07) is 4.46. The highest BCUT2D eigenvalue weighted by atomic mass is 79.9. The molecule has 4 heteroatoms. The Morgan fingerprint density at radius 3 is 2.61 bits per heavy atom. The van der Waals surface area contributed by atoms with Gasteiger partial charge in [-0.2, -0.15) is 0 Å². The fourth-order valence-electron chi connectivity index (χ4n) is 1.98. The first-order valence-electron chi connectivity index (χ1n) is 6.85. The number of nitrogens with one attached hydrogen (secondary N) is 1. The molecule has 0 amide bonds. The summed E-state index contributed by atoms with van der Waals surface area (Å²) < 4.78 is 6.26. The minimum atomic E-state index is 0.532. The van der Waals surface area contributed by atoms with E-state index in [9.17, 15) is 0 Å². The van der Waals surface area contributed by atoms with Crippen LogP contribution in [-0.2, 0) is 6.54 Å². The molecule has 0 fully saturated rings. The minimum absolute atomic E-state index is 0.532. The van der Waals surface area contributed by atoms with E-state index in [1.54, 1.807) is 0 Å². The highest BCUT2D eigenvalue weighted by Gasteiger charge is 2.05. The van der Waals surface area contributed by atoms with Crippen LogP contribution in [0, 0.1) is 0 Å². The maximum absolute atomic E-state index is 5.46. The zero-order valence-corrected chi connectivity index (χ0v) is 13.3. The van der Waals surface area contributed by atoms with Gasteiger partial charge in [-0.05, 0) is 67.5 Å². The largest absolute Gasteiger partial charge is 0.453 e. The zero-order valence-electron chi connectivity index (χ0n) is 11.7. The first-order chi connectivity index (χ1) is 8.65. The van der Waals surface area contributed by atoms with Crippen molar-refractivity contribution in [3.8, 4) is 0 Å². The Hall–Kier alpha value is -0.320. The van der Waals surface area contributed by atoms with E-state index in [-0.39, 0.29) is 0 Å². The van der Waals surface area contributed by atoms with Crippen LogP contribution in [0.15, 0.2) is 21.2 Å². The first-order valence-corrected chi connectivity index (χ1v) is 7.65. The molecule has 0 saturated carbocycles. The Morgan fingerprint density at radius 1 is 1.33 bits per heavy atom. The average molecular weight is 317 g/mol. The number of nitrogens with zero attached hydrogens (tertiary/aromatic N) is 1. The lowest BCUT2D eigenvalue weighted by Gasteiger charge is -2.19. The average Bonchev–Trinajstić information content (AvgIpc) is 2.78. The van der Waals surface area contributed by atoms with Crippen LogP contribution in [0.4, 0.5) is 0 Å². The Balaban J connectivity index is 2.12. The van der Waals surface area contributed by atoms with Gasteiger partial charge in [-0.15, -0.1) is 0 Å². The third-order valence-corrected chi connectivity index (χ3v) is 3.69. The minimum Gasteiger partial charge on any atom is -0.453 e. The van der Waals surface area contributed by atoms with Crippen LogP contribution < -0.4 is 5.32 Å². The molecule has 104 valence electrons. The van der Waals surface area contributed by atoms with Gasteiger partial charge in [0.15, 0.2) is 4.67 Å². The molecule has 0 saturated heterocycles. The van der Waals surface area contributed by atoms with Crippen LogP contribution >= 0.6 is 15.9 Å². The molecule has 0 aliphatic carbocycles. The van der Waals surface area contributed by atoms with Crippen molar-refractivity contribution in [3.05, 3.63) is 22.6 Å². The van der Waals surface area contributed by atoms with Gasteiger partial charge in [0.05, 0.1) is 6.54 Å². The van der Waals surface area contributed by atoms with Crippen LogP contribution in [-0.4, -0.2) is 30.6 Å². The lowest BCUT2D eigenvalue weighted by Crippen LogP contribution is -2.28. The molecule has 0 spiro atoms. The topological polar surface area (TPSA) is 28.4 Å². The zero-order chi connectivity index (χ0) is 13.4. The van der Waals surface area contributed by atoms with Crippen molar-refractivity contribution in [3.63, 3.8) is 0 Å². The van der Waals surface area contributed by atoms with Gasteiger partial charge in [-0.1, -0.05) is 13.8 Å². The Bertz CT molecular complexity index is 323. The van der Waals surface area contributed by atoms with Gasteiger partial charge in [0.2, 0.25) is 0 Å². The molecule has 1 rings (SSSR count). The van der Waals surface area contributed by atoms with Crippen molar-refractivity contribution in [2.24, 2.45) is 0 Å². The Morgan fingerprint density at radius 2 is 2.06 bits per heavy atom. The number of furan rings is 1. The highest BCUT2D eigenvalue weighted by molar-refractivity contribution is 9.10. The second kappa shape index (κ2) is 8.73. The lowest BCUT2D eigenvalue weighted by molar-refractivity contribution is 0.289. The van der Waals surface area contributed by atoms with Crippen LogP contribution in [0.1, 0.15) is 39.4 Å². The van der Waals surface area contributed by atoms with Crippen LogP contribution in [0.25, 0.3) is 0 Å². The summed E-state index contributed by atoms with van der Waals surface area (Å²) in [5.41, 5.74) is 0. The number of hydrogen-bond acceptors (Lipinski definition) is 3. The van der Waals surface area contributed by atoms with Crippen molar-refractivity contribution in [2.45, 2.75) is 46.2 Å². The summed E-state index contributed by atoms with van der Waals surface area (Å²) in [4.78, 5) is 2.47. The fourth-order valence-corrected chi connectivity index (χ4v) is 2.32. The van der Waals surface area contributed by atoms with Crippen molar-refractivity contribution in [1.29, 1.82) is 0 Å². The third-order valence-electron chi connectivity index (χ3n) is 3.26. The van der Waals surface area contributed by atoms with Crippen molar-refractivity contribution >= 4 is 15.9 Å². The van der Waals surface area contributed by atoms with Gasteiger partial charge in [0.25, 0.3) is 0 Å². The molecule has 0 radical (unpaired) electrons. The number of hydrogen-bond donors (Lipinski definition) is 1. The number of rotatable bonds is 9. The molecule has 1 unspecified atom stereocenters. The maximum Gasteiger partial charge on any atom is 0.169 e. The quantitative estimate of drug-likeness (QED) is 0.754. The third kappa shape index (κ3) is 6.03. The fraction of sp³-hybridized carbons (Fsp3) is 0.714. The smallest absolute Gasteiger partial charge is 0.169 e. The molecular formula is C14H25BrN2O. The van der Waals surface area contributed by atoms with Gasteiger partial charge < -0.3 is 14.6 Å². The first kappa shape index (κ1) is 15.7. The molecule has 1 heterocycles. The second-order valence-corrected chi connectivity index (χ2v) is 5.44. The highest BCUT2D eigenvalue weighted by Crippen LogP contribution is 2.14. The molecule has 1 atom stereocenters. The van der Waals surface area contributed by atoms with E-state index in [0.29, 0.717) is 6.04 Å². The molecule has 0 bridgehead atoms. The Labute approximate surface area is 119 Å². The predicted molar refractivity (Wildman–Crippen MR) is 79.7 cm³/mol. The molecule has 1 aromatic rings. The van der Waals surface area contributed by atoms with Gasteiger partial charge >= 0.3 is 0 Å². The van der Waals surface area contributed by atoms with E-state index in [1.165, 1.54) is 19.4 Å². The monoisotopic (exact) mass is 316 g/mol. The summed E-state index contributed by atoms with van der Waals surface area (Å²) in [7, 11) is 0. The molecule has 0 aliphatic rings. The van der Waals surface area contributed by atoms with E-state index in [4.69, 9.17) is 4.42 Å². The van der Waals surface area contributed by atoms with Crippen LogP contribution in [0.2, 0.25) is 0 Å². The van der Waals surface area contributed by atoms with E-state index in [0.717, 1.165) is 30.1 Å². The van der Waals surface area contributed by atoms with Gasteiger partial charge in [0, 0.05) is 6.04 Å². The summed E-state index contributed by atoms with van der Waals surface area (Å²) >= 11 is 3.31. The van der Waals surface area contributed by atoms with Crippen molar-refractivity contribution in [1.82, 2.24) is 10.2 Å². The summed E-state index contributed by atoms with van der Waals surface area (Å²) in [5, 5.41) is 3.49. The van der Waals surface area contributed by atoms with Crippen molar-refractivity contribution in [2.75, 3.05) is 19.6 Å². The SMILES string of the molecule is CCN(CC)CCCC(C)NCc1ccc(Br)o1. The molecule has 0 aromatic carbocycles. The summed E-state index contributed by atoms with van der Waals surface area (Å²) in [6.07, 6.45) is 2.45. The molecule has 0 aliphatic heterocycles. The van der Waals surface area contributed by atoms with E-state index in [1.807, 2.05) is 12.1 Å². The normalized spacial score (nSPS) is 13.2. The lowest BCUT2D eigenvalue weighted by atomic mass is 10.1. The van der Waals surface area contributed by atoms with Gasteiger partial charge in [-0.25, -0.2) is 0 Å². The summed E-state index contributed by atoms with van der Waals surface area (Å²) in [6.45, 7) is 11.0. The second-order valence-electron chi connectivity index (χ2n) is 4.66. The Kier molecular flexibility index (Phi) is 7.63. The molecule has 1 aromatic heterocycles. The van der Waals surface area contributed by atoms with E-state index < -0.39 is 0 Å². The molecule has 1 N–H and O–H groups in total. The molecular weight excluding hydrogens is 292 g/mol. The van der Waals surface area contributed by atoms with E-state index >= 15 is 0 Å². The van der Waals surface area contributed by atoms with Gasteiger partial charge in [0.1, 0.15) is 5.76 Å². The van der Waals surface area contributed by atoms with Crippen LogP contribution in [0.3, 0.4) is 0 Å². The predicted octanol–water partition coefficient (Wildman–Crippen LogP) is 3.64.